The molecule has 2 heterocycles. The lowest BCUT2D eigenvalue weighted by Crippen LogP contribution is -2.19. The molecule has 14 heavy (non-hydrogen) atoms. The normalized spacial score (nSPS) is 16.0. The molecular weight excluding hydrogens is 291 g/mol. The summed E-state index contributed by atoms with van der Waals surface area (Å²) in [5, 5.41) is 0. The van der Waals surface area contributed by atoms with Gasteiger partial charge in [-0.1, -0.05) is 0 Å². The van der Waals surface area contributed by atoms with Crippen molar-refractivity contribution in [3.05, 3.63) is 15.7 Å². The number of methoxy groups -OCH3 is 1. The number of ether oxygens (including phenoxy) is 1. The molecule has 0 atom stereocenters. The number of halogens is 1. The van der Waals surface area contributed by atoms with Gasteiger partial charge in [0.1, 0.15) is 5.82 Å². The first-order chi connectivity index (χ1) is 6.81. The lowest BCUT2D eigenvalue weighted by Gasteiger charge is -2.16. The van der Waals surface area contributed by atoms with Gasteiger partial charge in [0, 0.05) is 13.1 Å². The van der Waals surface area contributed by atoms with Crippen LogP contribution >= 0.6 is 22.6 Å². The van der Waals surface area contributed by atoms with Gasteiger partial charge in [-0.2, -0.15) is 4.98 Å². The van der Waals surface area contributed by atoms with Gasteiger partial charge in [0.25, 0.3) is 0 Å². The highest BCUT2D eigenvalue weighted by molar-refractivity contribution is 14.1. The van der Waals surface area contributed by atoms with Crippen molar-refractivity contribution in [3.8, 4) is 5.88 Å². The van der Waals surface area contributed by atoms with Crippen LogP contribution in [-0.2, 0) is 0 Å². The average molecular weight is 304 g/mol. The minimum absolute atomic E-state index is 0.731. The highest BCUT2D eigenvalue weighted by atomic mass is 127. The number of pyridine rings is 1. The minimum Gasteiger partial charge on any atom is -0.480 e. The van der Waals surface area contributed by atoms with Crippen LogP contribution in [0.1, 0.15) is 12.8 Å². The SMILES string of the molecule is COc1nc(N2CCCC2)ccc1I. The van der Waals surface area contributed by atoms with E-state index in [-0.39, 0.29) is 0 Å². The fraction of sp³-hybridized carbons (Fsp3) is 0.500. The smallest absolute Gasteiger partial charge is 0.228 e. The van der Waals surface area contributed by atoms with Gasteiger partial charge in [-0.05, 0) is 47.6 Å². The maximum Gasteiger partial charge on any atom is 0.228 e. The Bertz CT molecular complexity index is 324. The maximum absolute atomic E-state index is 5.20. The summed E-state index contributed by atoms with van der Waals surface area (Å²) in [5.74, 6) is 1.77. The van der Waals surface area contributed by atoms with E-state index in [0.717, 1.165) is 28.4 Å². The molecule has 1 saturated heterocycles. The van der Waals surface area contributed by atoms with Crippen LogP contribution in [-0.4, -0.2) is 25.2 Å². The molecule has 1 fully saturated rings. The maximum atomic E-state index is 5.20. The van der Waals surface area contributed by atoms with Crippen LogP contribution in [0.3, 0.4) is 0 Å². The number of anilines is 1. The van der Waals surface area contributed by atoms with Crippen molar-refractivity contribution >= 4 is 28.4 Å². The standard InChI is InChI=1S/C10H13IN2O/c1-14-10-8(11)4-5-9(12-10)13-6-2-3-7-13/h4-5H,2-3,6-7H2,1H3. The molecule has 0 aliphatic carbocycles. The molecule has 0 N–H and O–H groups in total. The van der Waals surface area contributed by atoms with E-state index < -0.39 is 0 Å². The third-order valence-electron chi connectivity index (χ3n) is 2.42. The van der Waals surface area contributed by atoms with E-state index in [1.54, 1.807) is 7.11 Å². The molecule has 1 aliphatic rings. The highest BCUT2D eigenvalue weighted by Gasteiger charge is 2.14. The monoisotopic (exact) mass is 304 g/mol. The van der Waals surface area contributed by atoms with Gasteiger partial charge in [0.15, 0.2) is 0 Å². The second kappa shape index (κ2) is 4.33. The molecule has 0 saturated carbocycles. The summed E-state index contributed by atoms with van der Waals surface area (Å²) in [6, 6.07) is 4.12. The molecule has 4 heteroatoms. The Hall–Kier alpha value is -0.520. The third kappa shape index (κ3) is 1.94. The summed E-state index contributed by atoms with van der Waals surface area (Å²) in [6.07, 6.45) is 2.55. The summed E-state index contributed by atoms with van der Waals surface area (Å²) in [7, 11) is 1.66. The first-order valence-electron chi connectivity index (χ1n) is 4.77. The Morgan fingerprint density at radius 2 is 2.07 bits per heavy atom. The Morgan fingerprint density at radius 3 is 2.71 bits per heavy atom. The molecule has 0 amide bonds. The largest absolute Gasteiger partial charge is 0.480 e. The van der Waals surface area contributed by atoms with Crippen LogP contribution in [0, 0.1) is 3.57 Å². The van der Waals surface area contributed by atoms with Crippen molar-refractivity contribution in [2.24, 2.45) is 0 Å². The number of hydrogen-bond donors (Lipinski definition) is 0. The van der Waals surface area contributed by atoms with Gasteiger partial charge in [-0.25, -0.2) is 0 Å². The van der Waals surface area contributed by atoms with Crippen LogP contribution in [0.5, 0.6) is 5.88 Å². The molecule has 0 unspecified atom stereocenters. The van der Waals surface area contributed by atoms with Crippen molar-refractivity contribution in [2.75, 3.05) is 25.1 Å². The Morgan fingerprint density at radius 1 is 1.36 bits per heavy atom. The van der Waals surface area contributed by atoms with E-state index in [1.807, 2.05) is 0 Å². The lowest BCUT2D eigenvalue weighted by atomic mass is 10.4. The minimum atomic E-state index is 0.731. The van der Waals surface area contributed by atoms with Crippen LogP contribution < -0.4 is 9.64 Å². The van der Waals surface area contributed by atoms with Crippen molar-refractivity contribution in [1.82, 2.24) is 4.98 Å². The van der Waals surface area contributed by atoms with E-state index in [9.17, 15) is 0 Å². The lowest BCUT2D eigenvalue weighted by molar-refractivity contribution is 0.395. The van der Waals surface area contributed by atoms with Crippen LogP contribution in [0.25, 0.3) is 0 Å². The Labute approximate surface area is 97.6 Å². The molecule has 1 aromatic rings. The number of aromatic nitrogens is 1. The second-order valence-corrected chi connectivity index (χ2v) is 4.52. The van der Waals surface area contributed by atoms with E-state index in [4.69, 9.17) is 4.74 Å². The molecule has 0 aromatic carbocycles. The molecular formula is C10H13IN2O. The van der Waals surface area contributed by atoms with E-state index in [1.165, 1.54) is 12.8 Å². The van der Waals surface area contributed by atoms with E-state index in [2.05, 4.69) is 44.6 Å². The highest BCUT2D eigenvalue weighted by Crippen LogP contribution is 2.24. The van der Waals surface area contributed by atoms with Gasteiger partial charge >= 0.3 is 0 Å². The predicted octanol–water partition coefficient (Wildman–Crippen LogP) is 2.29. The quantitative estimate of drug-likeness (QED) is 0.784. The summed E-state index contributed by atoms with van der Waals surface area (Å²) in [6.45, 7) is 2.24. The van der Waals surface area contributed by atoms with Gasteiger partial charge in [-0.3, -0.25) is 0 Å². The van der Waals surface area contributed by atoms with Crippen molar-refractivity contribution in [3.63, 3.8) is 0 Å². The number of nitrogens with zero attached hydrogens (tertiary/aromatic N) is 2. The predicted molar refractivity (Wildman–Crippen MR) is 65.0 cm³/mol. The topological polar surface area (TPSA) is 25.4 Å². The van der Waals surface area contributed by atoms with Gasteiger partial charge in [-0.15, -0.1) is 0 Å². The zero-order valence-electron chi connectivity index (χ0n) is 8.16. The van der Waals surface area contributed by atoms with Crippen molar-refractivity contribution in [1.29, 1.82) is 0 Å². The molecule has 0 bridgehead atoms. The Kier molecular flexibility index (Phi) is 3.10. The zero-order valence-corrected chi connectivity index (χ0v) is 10.3. The zero-order chi connectivity index (χ0) is 9.97. The summed E-state index contributed by atoms with van der Waals surface area (Å²) in [4.78, 5) is 6.77. The molecule has 0 spiro atoms. The van der Waals surface area contributed by atoms with Crippen molar-refractivity contribution < 1.29 is 4.74 Å². The first-order valence-corrected chi connectivity index (χ1v) is 5.84. The van der Waals surface area contributed by atoms with E-state index in [0.29, 0.717) is 0 Å². The fourth-order valence-corrected chi connectivity index (χ4v) is 2.20. The second-order valence-electron chi connectivity index (χ2n) is 3.35. The number of hydrogen-bond acceptors (Lipinski definition) is 3. The molecule has 1 aromatic heterocycles. The summed E-state index contributed by atoms with van der Waals surface area (Å²) >= 11 is 2.23. The van der Waals surface area contributed by atoms with Gasteiger partial charge in [0.2, 0.25) is 5.88 Å². The van der Waals surface area contributed by atoms with Gasteiger partial charge < -0.3 is 9.64 Å². The summed E-state index contributed by atoms with van der Waals surface area (Å²) in [5.41, 5.74) is 0. The average Bonchev–Trinajstić information content (AvgIpc) is 2.71. The van der Waals surface area contributed by atoms with E-state index >= 15 is 0 Å². The molecule has 3 nitrogen and oxygen atoms in total. The number of rotatable bonds is 2. The Balaban J connectivity index is 2.25. The van der Waals surface area contributed by atoms with Crippen LogP contribution in [0.2, 0.25) is 0 Å². The summed E-state index contributed by atoms with van der Waals surface area (Å²) < 4.78 is 6.26. The van der Waals surface area contributed by atoms with Crippen molar-refractivity contribution in [2.45, 2.75) is 12.8 Å². The molecule has 76 valence electrons. The van der Waals surface area contributed by atoms with Crippen LogP contribution in [0.15, 0.2) is 12.1 Å². The molecule has 0 radical (unpaired) electrons. The molecule has 1 aliphatic heterocycles. The fourth-order valence-electron chi connectivity index (χ4n) is 1.68. The third-order valence-corrected chi connectivity index (χ3v) is 3.24. The molecule has 2 rings (SSSR count). The first kappa shape index (κ1) is 10.0. The van der Waals surface area contributed by atoms with Crippen LogP contribution in [0.4, 0.5) is 5.82 Å². The van der Waals surface area contributed by atoms with Gasteiger partial charge in [0.05, 0.1) is 10.7 Å².